The van der Waals surface area contributed by atoms with E-state index < -0.39 is 0 Å². The third kappa shape index (κ3) is 3.52. The molecule has 3 heterocycles. The van der Waals surface area contributed by atoms with Gasteiger partial charge in [0.1, 0.15) is 10.7 Å². The highest BCUT2D eigenvalue weighted by molar-refractivity contribution is 7.13. The molecule has 0 aliphatic carbocycles. The van der Waals surface area contributed by atoms with Gasteiger partial charge < -0.3 is 9.97 Å². The van der Waals surface area contributed by atoms with Crippen LogP contribution in [0.2, 0.25) is 10.0 Å². The number of thiazole rings is 1. The Kier molecular flexibility index (Phi) is 5.07. The molecule has 0 saturated heterocycles. The summed E-state index contributed by atoms with van der Waals surface area (Å²) < 4.78 is 0. The zero-order chi connectivity index (χ0) is 20.8. The van der Waals surface area contributed by atoms with Gasteiger partial charge in [-0.1, -0.05) is 29.3 Å². The van der Waals surface area contributed by atoms with Crippen LogP contribution in [0.25, 0.3) is 32.5 Å². The minimum absolute atomic E-state index is 0.146. The van der Waals surface area contributed by atoms with Crippen LogP contribution < -0.4 is 5.56 Å². The number of alkyl halides is 1. The number of H-pyrrole nitrogens is 2. The van der Waals surface area contributed by atoms with Crippen LogP contribution in [0.15, 0.2) is 52.6 Å². The van der Waals surface area contributed by atoms with Gasteiger partial charge in [0.15, 0.2) is 0 Å². The van der Waals surface area contributed by atoms with E-state index in [4.69, 9.17) is 34.8 Å². The standard InChI is InChI=1S/C22H14Cl3N3OS/c23-9-15-10-30-22(26-15)12-2-4-19-16(6-12)17-7-13(21(29)28-20(17)27-19)5-11-1-3-14(24)8-18(11)25/h1-4,6-8,10H,5,9H2,(H2,27,28,29). The summed E-state index contributed by atoms with van der Waals surface area (Å²) in [6, 6.07) is 13.3. The number of fused-ring (bicyclic) bond motifs is 3. The number of aromatic amines is 2. The lowest BCUT2D eigenvalue weighted by Gasteiger charge is -2.05. The maximum absolute atomic E-state index is 12.7. The monoisotopic (exact) mass is 473 g/mol. The number of pyridine rings is 1. The number of aromatic nitrogens is 3. The summed E-state index contributed by atoms with van der Waals surface area (Å²) in [6.45, 7) is 0. The van der Waals surface area contributed by atoms with Gasteiger partial charge in [0.25, 0.3) is 5.56 Å². The highest BCUT2D eigenvalue weighted by Crippen LogP contribution is 2.31. The molecule has 2 aromatic carbocycles. The molecule has 0 aliphatic rings. The largest absolute Gasteiger partial charge is 0.341 e. The van der Waals surface area contributed by atoms with Crippen molar-refractivity contribution in [2.75, 3.05) is 0 Å². The SMILES string of the molecule is O=c1[nH]c2[nH]c3ccc(-c4nc(CCl)cs4)cc3c2cc1Cc1ccc(Cl)cc1Cl. The van der Waals surface area contributed by atoms with Crippen molar-refractivity contribution in [1.29, 1.82) is 0 Å². The smallest absolute Gasteiger partial charge is 0.253 e. The Morgan fingerprint density at radius 3 is 2.60 bits per heavy atom. The molecule has 0 bridgehead atoms. The normalized spacial score (nSPS) is 11.6. The fourth-order valence-corrected chi connectivity index (χ4v) is 5.05. The first-order chi connectivity index (χ1) is 14.5. The first-order valence-electron chi connectivity index (χ1n) is 9.14. The number of hydrogen-bond donors (Lipinski definition) is 2. The van der Waals surface area contributed by atoms with E-state index in [9.17, 15) is 4.79 Å². The molecule has 0 saturated carbocycles. The van der Waals surface area contributed by atoms with Crippen LogP contribution in [-0.2, 0) is 12.3 Å². The maximum Gasteiger partial charge on any atom is 0.253 e. The number of rotatable bonds is 4. The van der Waals surface area contributed by atoms with Crippen LogP contribution in [0.4, 0.5) is 0 Å². The van der Waals surface area contributed by atoms with E-state index in [1.807, 2.05) is 29.6 Å². The summed E-state index contributed by atoms with van der Waals surface area (Å²) >= 11 is 19.8. The lowest BCUT2D eigenvalue weighted by atomic mass is 10.0. The molecule has 3 aromatic heterocycles. The summed E-state index contributed by atoms with van der Waals surface area (Å²) in [6.07, 6.45) is 0.416. The van der Waals surface area contributed by atoms with Gasteiger partial charge in [0, 0.05) is 49.3 Å². The van der Waals surface area contributed by atoms with Crippen LogP contribution in [0, 0.1) is 0 Å². The van der Waals surface area contributed by atoms with Crippen molar-refractivity contribution in [3.63, 3.8) is 0 Å². The molecule has 8 heteroatoms. The fraction of sp³-hybridized carbons (Fsp3) is 0.0909. The second kappa shape index (κ2) is 7.75. The predicted molar refractivity (Wildman–Crippen MR) is 126 cm³/mol. The van der Waals surface area contributed by atoms with Gasteiger partial charge in [0.05, 0.1) is 11.6 Å². The summed E-state index contributed by atoms with van der Waals surface area (Å²) in [5.74, 6) is 0.393. The molecule has 2 N–H and O–H groups in total. The van der Waals surface area contributed by atoms with Crippen LogP contribution in [0.1, 0.15) is 16.8 Å². The van der Waals surface area contributed by atoms with Crippen LogP contribution in [-0.4, -0.2) is 15.0 Å². The average molecular weight is 475 g/mol. The molecule has 0 radical (unpaired) electrons. The Balaban J connectivity index is 1.63. The Hall–Kier alpha value is -2.31. The molecule has 0 spiro atoms. The zero-order valence-electron chi connectivity index (χ0n) is 15.4. The van der Waals surface area contributed by atoms with E-state index in [2.05, 4.69) is 21.0 Å². The van der Waals surface area contributed by atoms with Gasteiger partial charge in [-0.2, -0.15) is 0 Å². The minimum atomic E-state index is -0.146. The van der Waals surface area contributed by atoms with Gasteiger partial charge in [-0.15, -0.1) is 22.9 Å². The summed E-state index contributed by atoms with van der Waals surface area (Å²) in [7, 11) is 0. The molecule has 0 atom stereocenters. The molecule has 0 aliphatic heterocycles. The van der Waals surface area contributed by atoms with E-state index in [-0.39, 0.29) is 5.56 Å². The summed E-state index contributed by atoms with van der Waals surface area (Å²) in [5, 5.41) is 5.96. The summed E-state index contributed by atoms with van der Waals surface area (Å²) in [5.41, 5.74) is 4.85. The van der Waals surface area contributed by atoms with Gasteiger partial charge >= 0.3 is 0 Å². The quantitative estimate of drug-likeness (QED) is 0.282. The fourth-order valence-electron chi connectivity index (χ4n) is 3.53. The Morgan fingerprint density at radius 1 is 0.967 bits per heavy atom. The molecule has 5 aromatic rings. The molecule has 150 valence electrons. The topological polar surface area (TPSA) is 61.5 Å². The lowest BCUT2D eigenvalue weighted by molar-refractivity contribution is 1.11. The van der Waals surface area contributed by atoms with E-state index in [1.54, 1.807) is 23.5 Å². The van der Waals surface area contributed by atoms with Crippen molar-refractivity contribution in [2.45, 2.75) is 12.3 Å². The molecule has 0 unspecified atom stereocenters. The number of hydrogen-bond acceptors (Lipinski definition) is 3. The highest BCUT2D eigenvalue weighted by atomic mass is 35.5. The van der Waals surface area contributed by atoms with E-state index in [1.165, 1.54) is 0 Å². The Labute approximate surface area is 190 Å². The van der Waals surface area contributed by atoms with Crippen molar-refractivity contribution in [1.82, 2.24) is 15.0 Å². The first kappa shape index (κ1) is 19.6. The number of halogens is 3. The molecule has 4 nitrogen and oxygen atoms in total. The van der Waals surface area contributed by atoms with Crippen molar-refractivity contribution < 1.29 is 0 Å². The van der Waals surface area contributed by atoms with Gasteiger partial charge in [-0.3, -0.25) is 4.79 Å². The number of nitrogens with one attached hydrogen (secondary N) is 2. The van der Waals surface area contributed by atoms with E-state index >= 15 is 0 Å². The minimum Gasteiger partial charge on any atom is -0.341 e. The second-order valence-corrected chi connectivity index (χ2v) is 8.96. The predicted octanol–water partition coefficient (Wildman–Crippen LogP) is 6.77. The first-order valence-corrected chi connectivity index (χ1v) is 11.3. The number of benzene rings is 2. The van der Waals surface area contributed by atoms with Crippen LogP contribution in [0.3, 0.4) is 0 Å². The maximum atomic E-state index is 12.7. The lowest BCUT2D eigenvalue weighted by Crippen LogP contribution is -2.12. The van der Waals surface area contributed by atoms with Crippen molar-refractivity contribution in [2.24, 2.45) is 0 Å². The van der Waals surface area contributed by atoms with E-state index in [0.29, 0.717) is 33.6 Å². The molecular weight excluding hydrogens is 461 g/mol. The molecule has 5 rings (SSSR count). The molecule has 0 amide bonds. The van der Waals surface area contributed by atoms with E-state index in [0.717, 1.165) is 38.1 Å². The highest BCUT2D eigenvalue weighted by Gasteiger charge is 2.13. The third-order valence-electron chi connectivity index (χ3n) is 5.02. The zero-order valence-corrected chi connectivity index (χ0v) is 18.5. The summed E-state index contributed by atoms with van der Waals surface area (Å²) in [4.78, 5) is 23.5. The molecule has 30 heavy (non-hydrogen) atoms. The van der Waals surface area contributed by atoms with Gasteiger partial charge in [-0.05, 0) is 42.0 Å². The van der Waals surface area contributed by atoms with Crippen LogP contribution in [0.5, 0.6) is 0 Å². The number of nitrogens with zero attached hydrogens (tertiary/aromatic N) is 1. The van der Waals surface area contributed by atoms with Crippen molar-refractivity contribution >= 4 is 68.1 Å². The van der Waals surface area contributed by atoms with Gasteiger partial charge in [0.2, 0.25) is 0 Å². The van der Waals surface area contributed by atoms with Crippen LogP contribution >= 0.6 is 46.1 Å². The Morgan fingerprint density at radius 2 is 1.83 bits per heavy atom. The molecule has 0 fully saturated rings. The van der Waals surface area contributed by atoms with Gasteiger partial charge in [-0.25, -0.2) is 4.98 Å². The molecular formula is C22H14Cl3N3OS. The second-order valence-electron chi connectivity index (χ2n) is 6.99. The Bertz CT molecular complexity index is 1470. The average Bonchev–Trinajstić information content (AvgIpc) is 3.34. The third-order valence-corrected chi connectivity index (χ3v) is 6.82. The van der Waals surface area contributed by atoms with Crippen molar-refractivity contribution in [3.05, 3.63) is 85.1 Å². The van der Waals surface area contributed by atoms with Crippen molar-refractivity contribution in [3.8, 4) is 10.6 Å².